The van der Waals surface area contributed by atoms with E-state index in [2.05, 4.69) is 20.8 Å². The van der Waals surface area contributed by atoms with Crippen LogP contribution < -0.4 is 10.4 Å². The Balaban J connectivity index is 1.93. The lowest BCUT2D eigenvalue weighted by molar-refractivity contribution is 0.264. The van der Waals surface area contributed by atoms with E-state index in [1.165, 1.54) is 19.3 Å². The molecule has 0 aliphatic heterocycles. The summed E-state index contributed by atoms with van der Waals surface area (Å²) in [6.45, 7) is 9.25. The Morgan fingerprint density at radius 2 is 1.83 bits per heavy atom. The molecule has 0 aliphatic carbocycles. The molecule has 1 heterocycles. The summed E-state index contributed by atoms with van der Waals surface area (Å²) in [5, 5.41) is 0.937. The van der Waals surface area contributed by atoms with Gasteiger partial charge in [-0.05, 0) is 31.2 Å². The maximum Gasteiger partial charge on any atom is 0.379 e. The average molecular weight is 316 g/mol. The summed E-state index contributed by atoms with van der Waals surface area (Å²) < 4.78 is 11.1. The van der Waals surface area contributed by atoms with Crippen LogP contribution >= 0.6 is 0 Å². The van der Waals surface area contributed by atoms with Crippen molar-refractivity contribution in [3.63, 3.8) is 0 Å². The van der Waals surface area contributed by atoms with Gasteiger partial charge in [0.15, 0.2) is 0 Å². The van der Waals surface area contributed by atoms with Gasteiger partial charge in [-0.3, -0.25) is 0 Å². The second kappa shape index (κ2) is 8.19. The highest BCUT2D eigenvalue weighted by molar-refractivity contribution is 5.81. The first-order valence-corrected chi connectivity index (χ1v) is 8.64. The molecule has 0 bridgehead atoms. The van der Waals surface area contributed by atoms with Crippen LogP contribution in [-0.2, 0) is 0 Å². The lowest BCUT2D eigenvalue weighted by atomic mass is 9.98. The standard InChI is InChI=1S/C20H28O3/c1-14(2)8-7-9-15(3)12-13-22-19-16(4)17-10-5-6-11-18(17)23-20(19)21/h5-6,10-11,14-15H,7-9,12-13H2,1-4H3. The van der Waals surface area contributed by atoms with Crippen molar-refractivity contribution in [2.24, 2.45) is 11.8 Å². The second-order valence-corrected chi connectivity index (χ2v) is 6.91. The Morgan fingerprint density at radius 1 is 1.09 bits per heavy atom. The molecule has 23 heavy (non-hydrogen) atoms. The SMILES string of the molecule is Cc1c(OCCC(C)CCCC(C)C)c(=O)oc2ccccc12. The zero-order chi connectivity index (χ0) is 16.8. The Kier molecular flexibility index (Phi) is 6.26. The van der Waals surface area contributed by atoms with Gasteiger partial charge in [0.25, 0.3) is 0 Å². The van der Waals surface area contributed by atoms with Gasteiger partial charge in [-0.1, -0.05) is 58.2 Å². The van der Waals surface area contributed by atoms with Crippen molar-refractivity contribution in [2.45, 2.75) is 53.4 Å². The van der Waals surface area contributed by atoms with Crippen molar-refractivity contribution in [3.8, 4) is 5.75 Å². The van der Waals surface area contributed by atoms with Gasteiger partial charge in [0.1, 0.15) is 5.58 Å². The number of benzene rings is 1. The minimum atomic E-state index is -0.381. The van der Waals surface area contributed by atoms with E-state index >= 15 is 0 Å². The molecule has 1 atom stereocenters. The van der Waals surface area contributed by atoms with Crippen molar-refractivity contribution < 1.29 is 9.15 Å². The van der Waals surface area contributed by atoms with Crippen LogP contribution in [-0.4, -0.2) is 6.61 Å². The molecule has 2 rings (SSSR count). The predicted octanol–water partition coefficient (Wildman–Crippen LogP) is 5.33. The van der Waals surface area contributed by atoms with E-state index < -0.39 is 0 Å². The lowest BCUT2D eigenvalue weighted by Gasteiger charge is -2.14. The summed E-state index contributed by atoms with van der Waals surface area (Å²) in [5.41, 5.74) is 1.10. The minimum Gasteiger partial charge on any atom is -0.486 e. The number of aryl methyl sites for hydroxylation is 1. The van der Waals surface area contributed by atoms with E-state index in [0.29, 0.717) is 23.9 Å². The van der Waals surface area contributed by atoms with E-state index in [4.69, 9.17) is 9.15 Å². The fourth-order valence-electron chi connectivity index (χ4n) is 2.84. The number of hydrogen-bond donors (Lipinski definition) is 0. The third-order valence-electron chi connectivity index (χ3n) is 4.36. The van der Waals surface area contributed by atoms with Gasteiger partial charge >= 0.3 is 5.63 Å². The molecule has 2 aromatic rings. The summed E-state index contributed by atoms with van der Waals surface area (Å²) in [5.74, 6) is 1.74. The fraction of sp³-hybridized carbons (Fsp3) is 0.550. The average Bonchev–Trinajstić information content (AvgIpc) is 2.50. The van der Waals surface area contributed by atoms with Gasteiger partial charge in [-0.15, -0.1) is 0 Å². The van der Waals surface area contributed by atoms with Crippen LogP contribution in [0.2, 0.25) is 0 Å². The van der Waals surface area contributed by atoms with E-state index in [9.17, 15) is 4.79 Å². The summed E-state index contributed by atoms with van der Waals surface area (Å²) in [6.07, 6.45) is 4.71. The summed E-state index contributed by atoms with van der Waals surface area (Å²) >= 11 is 0. The third-order valence-corrected chi connectivity index (χ3v) is 4.36. The Labute approximate surface area is 138 Å². The third kappa shape index (κ3) is 4.85. The zero-order valence-corrected chi connectivity index (χ0v) is 14.7. The maximum absolute atomic E-state index is 12.1. The molecular weight excluding hydrogens is 288 g/mol. The van der Waals surface area contributed by atoms with E-state index in [-0.39, 0.29) is 5.63 Å². The number of para-hydroxylation sites is 1. The van der Waals surface area contributed by atoms with Gasteiger partial charge in [0, 0.05) is 10.9 Å². The first-order valence-electron chi connectivity index (χ1n) is 8.64. The molecule has 126 valence electrons. The summed E-state index contributed by atoms with van der Waals surface area (Å²) in [6, 6.07) is 7.57. The molecule has 0 radical (unpaired) electrons. The molecule has 1 aromatic heterocycles. The van der Waals surface area contributed by atoms with Gasteiger partial charge in [0.05, 0.1) is 6.61 Å². The van der Waals surface area contributed by atoms with Gasteiger partial charge in [0.2, 0.25) is 5.75 Å². The highest BCUT2D eigenvalue weighted by Crippen LogP contribution is 2.24. The van der Waals surface area contributed by atoms with Gasteiger partial charge in [-0.2, -0.15) is 0 Å². The molecule has 0 saturated carbocycles. The molecule has 3 heteroatoms. The first kappa shape index (κ1) is 17.6. The molecule has 0 saturated heterocycles. The van der Waals surface area contributed by atoms with Gasteiger partial charge in [-0.25, -0.2) is 4.79 Å². The molecular formula is C20H28O3. The first-order chi connectivity index (χ1) is 11.0. The quantitative estimate of drug-likeness (QED) is 0.618. The molecule has 0 spiro atoms. The lowest BCUT2D eigenvalue weighted by Crippen LogP contribution is -2.12. The van der Waals surface area contributed by atoms with Crippen molar-refractivity contribution in [2.75, 3.05) is 6.61 Å². The smallest absolute Gasteiger partial charge is 0.379 e. The van der Waals surface area contributed by atoms with Crippen molar-refractivity contribution >= 4 is 11.0 Å². The number of ether oxygens (including phenoxy) is 1. The van der Waals surface area contributed by atoms with Crippen LogP contribution in [0.15, 0.2) is 33.5 Å². The molecule has 0 aliphatic rings. The van der Waals surface area contributed by atoms with Crippen molar-refractivity contribution in [3.05, 3.63) is 40.2 Å². The van der Waals surface area contributed by atoms with E-state index in [1.54, 1.807) is 0 Å². The molecule has 1 unspecified atom stereocenters. The minimum absolute atomic E-state index is 0.359. The van der Waals surface area contributed by atoms with E-state index in [1.807, 2.05) is 31.2 Å². The van der Waals surface area contributed by atoms with Crippen LogP contribution in [0, 0.1) is 18.8 Å². The second-order valence-electron chi connectivity index (χ2n) is 6.91. The van der Waals surface area contributed by atoms with Crippen LogP contribution in [0.25, 0.3) is 11.0 Å². The topological polar surface area (TPSA) is 39.4 Å². The normalized spacial score (nSPS) is 12.7. The van der Waals surface area contributed by atoms with Gasteiger partial charge < -0.3 is 9.15 Å². The molecule has 3 nitrogen and oxygen atoms in total. The molecule has 0 N–H and O–H groups in total. The van der Waals surface area contributed by atoms with Crippen LogP contribution in [0.4, 0.5) is 0 Å². The summed E-state index contributed by atoms with van der Waals surface area (Å²) in [4.78, 5) is 12.1. The highest BCUT2D eigenvalue weighted by Gasteiger charge is 2.12. The fourth-order valence-corrected chi connectivity index (χ4v) is 2.84. The van der Waals surface area contributed by atoms with Crippen LogP contribution in [0.1, 0.15) is 52.0 Å². The largest absolute Gasteiger partial charge is 0.486 e. The Morgan fingerprint density at radius 3 is 2.57 bits per heavy atom. The zero-order valence-electron chi connectivity index (χ0n) is 14.7. The monoisotopic (exact) mass is 316 g/mol. The molecule has 0 fully saturated rings. The molecule has 1 aromatic carbocycles. The van der Waals surface area contributed by atoms with Crippen LogP contribution in [0.3, 0.4) is 0 Å². The number of fused-ring (bicyclic) bond motifs is 1. The number of rotatable bonds is 8. The predicted molar refractivity (Wildman–Crippen MR) is 95.2 cm³/mol. The highest BCUT2D eigenvalue weighted by atomic mass is 16.5. The Bertz CT molecular complexity index is 685. The molecule has 0 amide bonds. The van der Waals surface area contributed by atoms with Crippen LogP contribution in [0.5, 0.6) is 5.75 Å². The Hall–Kier alpha value is -1.77. The van der Waals surface area contributed by atoms with Crippen molar-refractivity contribution in [1.82, 2.24) is 0 Å². The van der Waals surface area contributed by atoms with E-state index in [0.717, 1.165) is 23.3 Å². The maximum atomic E-state index is 12.1. The number of hydrogen-bond acceptors (Lipinski definition) is 3. The summed E-state index contributed by atoms with van der Waals surface area (Å²) in [7, 11) is 0. The van der Waals surface area contributed by atoms with Crippen molar-refractivity contribution in [1.29, 1.82) is 0 Å².